The number of hydrogen-bond acceptors (Lipinski definition) is 3. The van der Waals surface area contributed by atoms with Crippen molar-refractivity contribution in [2.24, 2.45) is 0 Å². The molecule has 3 rings (SSSR count). The van der Waals surface area contributed by atoms with Crippen LogP contribution in [0.25, 0.3) is 0 Å². The van der Waals surface area contributed by atoms with Gasteiger partial charge in [-0.25, -0.2) is 4.98 Å². The topological polar surface area (TPSA) is 76.0 Å². The Balaban J connectivity index is 1.86. The molecule has 1 aliphatic rings. The average molecular weight is 352 g/mol. The fourth-order valence-corrected chi connectivity index (χ4v) is 3.16. The molecule has 2 amide bonds. The first kappa shape index (κ1) is 17.9. The van der Waals surface area contributed by atoms with Gasteiger partial charge in [0.2, 0.25) is 0 Å². The Morgan fingerprint density at radius 2 is 2.00 bits per heavy atom. The number of nitrogens with zero attached hydrogens (tertiary/aromatic N) is 2. The molecule has 0 saturated carbocycles. The highest BCUT2D eigenvalue weighted by Crippen LogP contribution is 2.22. The van der Waals surface area contributed by atoms with Crippen LogP contribution in [0.15, 0.2) is 36.9 Å². The van der Waals surface area contributed by atoms with Crippen molar-refractivity contribution in [1.29, 1.82) is 0 Å². The van der Waals surface area contributed by atoms with Crippen molar-refractivity contribution in [2.75, 3.05) is 11.9 Å². The number of carbonyl (C=O) groups excluding carboxylic acids is 2. The summed E-state index contributed by atoms with van der Waals surface area (Å²) in [6.45, 7) is 6.76. The maximum absolute atomic E-state index is 12.8. The molecule has 2 N–H and O–H groups in total. The normalized spacial score (nSPS) is 13.0. The maximum Gasteiger partial charge on any atom is 0.287 e. The summed E-state index contributed by atoms with van der Waals surface area (Å²) in [5.41, 5.74) is 3.11. The third-order valence-corrected chi connectivity index (χ3v) is 4.56. The molecule has 0 radical (unpaired) electrons. The van der Waals surface area contributed by atoms with Crippen LogP contribution in [0.2, 0.25) is 0 Å². The third-order valence-electron chi connectivity index (χ3n) is 4.56. The molecule has 1 aromatic carbocycles. The van der Waals surface area contributed by atoms with E-state index >= 15 is 0 Å². The first-order chi connectivity index (χ1) is 12.6. The summed E-state index contributed by atoms with van der Waals surface area (Å²) in [6.07, 6.45) is 5.28. The molecule has 0 saturated heterocycles. The summed E-state index contributed by atoms with van der Waals surface area (Å²) in [5.74, 6) is -0.255. The van der Waals surface area contributed by atoms with Crippen molar-refractivity contribution in [2.45, 2.75) is 39.2 Å². The quantitative estimate of drug-likeness (QED) is 0.785. The number of carbonyl (C=O) groups is 2. The van der Waals surface area contributed by atoms with Gasteiger partial charge in [-0.2, -0.15) is 0 Å². The minimum Gasteiger partial charge on any atom is -0.346 e. The lowest BCUT2D eigenvalue weighted by Gasteiger charge is -2.17. The molecule has 0 atom stereocenters. The van der Waals surface area contributed by atoms with Crippen LogP contribution >= 0.6 is 0 Å². The van der Waals surface area contributed by atoms with Crippen molar-refractivity contribution in [3.8, 4) is 0 Å². The SMILES string of the molecule is C=CCNC(=O)c1nc(C(=O)Nc2ccc(CC)cc2)c2n1CCCC2. The second-order valence-electron chi connectivity index (χ2n) is 6.34. The first-order valence-electron chi connectivity index (χ1n) is 9.02. The summed E-state index contributed by atoms with van der Waals surface area (Å²) in [4.78, 5) is 29.5. The highest BCUT2D eigenvalue weighted by Gasteiger charge is 2.27. The van der Waals surface area contributed by atoms with Crippen LogP contribution in [0.5, 0.6) is 0 Å². The summed E-state index contributed by atoms with van der Waals surface area (Å²) < 4.78 is 1.87. The lowest BCUT2D eigenvalue weighted by atomic mass is 10.1. The van der Waals surface area contributed by atoms with E-state index in [0.717, 1.165) is 37.1 Å². The maximum atomic E-state index is 12.8. The van der Waals surface area contributed by atoms with E-state index in [-0.39, 0.29) is 11.8 Å². The number of benzene rings is 1. The zero-order chi connectivity index (χ0) is 18.5. The van der Waals surface area contributed by atoms with Gasteiger partial charge < -0.3 is 15.2 Å². The number of amides is 2. The van der Waals surface area contributed by atoms with E-state index < -0.39 is 0 Å². The van der Waals surface area contributed by atoms with Gasteiger partial charge in [0.1, 0.15) is 0 Å². The molecule has 6 heteroatoms. The Morgan fingerprint density at radius 1 is 1.23 bits per heavy atom. The second-order valence-corrected chi connectivity index (χ2v) is 6.34. The standard InChI is InChI=1S/C20H24N4O2/c1-3-12-21-20(26)18-23-17(16-7-5-6-13-24(16)18)19(25)22-15-10-8-14(4-2)9-11-15/h3,8-11H,1,4-7,12-13H2,2H3,(H,21,26)(H,22,25). The number of nitrogens with one attached hydrogen (secondary N) is 2. The van der Waals surface area contributed by atoms with Gasteiger partial charge in [-0.3, -0.25) is 9.59 Å². The highest BCUT2D eigenvalue weighted by atomic mass is 16.2. The fourth-order valence-electron chi connectivity index (χ4n) is 3.16. The van der Waals surface area contributed by atoms with E-state index in [4.69, 9.17) is 0 Å². The van der Waals surface area contributed by atoms with E-state index in [1.807, 2.05) is 28.8 Å². The smallest absolute Gasteiger partial charge is 0.287 e. The molecule has 6 nitrogen and oxygen atoms in total. The van der Waals surface area contributed by atoms with Gasteiger partial charge in [0.15, 0.2) is 11.5 Å². The lowest BCUT2D eigenvalue weighted by molar-refractivity contribution is 0.0942. The van der Waals surface area contributed by atoms with E-state index in [0.29, 0.717) is 24.6 Å². The predicted molar refractivity (Wildman–Crippen MR) is 101 cm³/mol. The summed E-state index contributed by atoms with van der Waals surface area (Å²) in [6, 6.07) is 7.76. The van der Waals surface area contributed by atoms with Gasteiger partial charge in [-0.1, -0.05) is 25.1 Å². The van der Waals surface area contributed by atoms with Crippen molar-refractivity contribution in [3.05, 3.63) is 59.7 Å². The van der Waals surface area contributed by atoms with E-state index in [9.17, 15) is 9.59 Å². The van der Waals surface area contributed by atoms with Crippen LogP contribution in [-0.2, 0) is 19.4 Å². The van der Waals surface area contributed by atoms with Gasteiger partial charge in [-0.15, -0.1) is 6.58 Å². The van der Waals surface area contributed by atoms with Gasteiger partial charge in [0.25, 0.3) is 11.8 Å². The Kier molecular flexibility index (Phi) is 5.51. The summed E-state index contributed by atoms with van der Waals surface area (Å²) >= 11 is 0. The minimum atomic E-state index is -0.278. The number of rotatable bonds is 6. The monoisotopic (exact) mass is 352 g/mol. The van der Waals surface area contributed by atoms with Crippen LogP contribution in [0, 0.1) is 0 Å². The Morgan fingerprint density at radius 3 is 2.69 bits per heavy atom. The van der Waals surface area contributed by atoms with Crippen LogP contribution in [0.3, 0.4) is 0 Å². The molecule has 1 aromatic heterocycles. The largest absolute Gasteiger partial charge is 0.346 e. The molecule has 0 unspecified atom stereocenters. The van der Waals surface area contributed by atoms with Crippen molar-refractivity contribution in [3.63, 3.8) is 0 Å². The van der Waals surface area contributed by atoms with Crippen molar-refractivity contribution in [1.82, 2.24) is 14.9 Å². The van der Waals surface area contributed by atoms with Gasteiger partial charge in [-0.05, 0) is 43.4 Å². The van der Waals surface area contributed by atoms with Gasteiger partial charge in [0.05, 0.1) is 5.69 Å². The minimum absolute atomic E-state index is 0.275. The number of aryl methyl sites for hydroxylation is 1. The second kappa shape index (κ2) is 7.99. The average Bonchev–Trinajstić information content (AvgIpc) is 3.06. The van der Waals surface area contributed by atoms with Gasteiger partial charge >= 0.3 is 0 Å². The Bertz CT molecular complexity index is 821. The molecule has 1 aliphatic heterocycles. The zero-order valence-electron chi connectivity index (χ0n) is 15.0. The molecular weight excluding hydrogens is 328 g/mol. The zero-order valence-corrected chi connectivity index (χ0v) is 15.0. The molecule has 136 valence electrons. The van der Waals surface area contributed by atoms with Crippen molar-refractivity contribution >= 4 is 17.5 Å². The fraction of sp³-hybridized carbons (Fsp3) is 0.350. The Labute approximate surface area is 153 Å². The van der Waals surface area contributed by atoms with Crippen LogP contribution in [-0.4, -0.2) is 27.9 Å². The number of hydrogen-bond donors (Lipinski definition) is 2. The van der Waals surface area contributed by atoms with E-state index in [1.165, 1.54) is 5.56 Å². The molecule has 2 heterocycles. The molecule has 0 spiro atoms. The highest BCUT2D eigenvalue weighted by molar-refractivity contribution is 6.05. The number of fused-ring (bicyclic) bond motifs is 1. The van der Waals surface area contributed by atoms with Crippen LogP contribution in [0.1, 0.15) is 52.1 Å². The van der Waals surface area contributed by atoms with E-state index in [1.54, 1.807) is 6.08 Å². The Hall–Kier alpha value is -2.89. The summed E-state index contributed by atoms with van der Waals surface area (Å²) in [5, 5.41) is 5.63. The van der Waals surface area contributed by atoms with Crippen LogP contribution in [0.4, 0.5) is 5.69 Å². The van der Waals surface area contributed by atoms with Gasteiger partial charge in [0, 0.05) is 18.8 Å². The molecule has 26 heavy (non-hydrogen) atoms. The van der Waals surface area contributed by atoms with Crippen molar-refractivity contribution < 1.29 is 9.59 Å². The third kappa shape index (κ3) is 3.69. The molecule has 0 bridgehead atoms. The number of aromatic nitrogens is 2. The van der Waals surface area contributed by atoms with Crippen LogP contribution < -0.4 is 10.6 Å². The summed E-state index contributed by atoms with van der Waals surface area (Å²) in [7, 11) is 0. The predicted octanol–water partition coefficient (Wildman–Crippen LogP) is 2.95. The number of imidazole rings is 1. The first-order valence-corrected chi connectivity index (χ1v) is 9.02. The molecular formula is C20H24N4O2. The molecule has 0 fully saturated rings. The van der Waals surface area contributed by atoms with E-state index in [2.05, 4.69) is 29.1 Å². The number of anilines is 1. The molecule has 2 aromatic rings. The molecule has 0 aliphatic carbocycles. The lowest BCUT2D eigenvalue weighted by Crippen LogP contribution is -2.28.